The zero-order valence-corrected chi connectivity index (χ0v) is 21.7. The monoisotopic (exact) mass is 501 g/mol. The number of hydrogen-bond acceptors (Lipinski definition) is 4. The first-order valence-electron chi connectivity index (χ1n) is 11.6. The maximum absolute atomic E-state index is 13.7. The van der Waals surface area contributed by atoms with Gasteiger partial charge in [0, 0.05) is 35.2 Å². The Labute approximate surface area is 212 Å². The minimum Gasteiger partial charge on any atom is -0.396 e. The second kappa shape index (κ2) is 10.3. The van der Waals surface area contributed by atoms with Crippen molar-refractivity contribution in [3.05, 3.63) is 69.7 Å². The third-order valence-corrected chi connectivity index (χ3v) is 7.14. The van der Waals surface area contributed by atoms with Crippen LogP contribution in [0.4, 0.5) is 0 Å². The molecule has 0 saturated carbocycles. The number of benzene rings is 2. The molecular weight excluding hydrogens is 469 g/mol. The van der Waals surface area contributed by atoms with Crippen LogP contribution >= 0.6 is 23.2 Å². The lowest BCUT2D eigenvalue weighted by atomic mass is 9.60. The number of carbonyl (C=O) groups excluding carboxylic acids is 1. The summed E-state index contributed by atoms with van der Waals surface area (Å²) >= 11 is 12.6. The number of nitriles is 1. The number of nitrogens with one attached hydrogen (secondary N) is 2. The van der Waals surface area contributed by atoms with E-state index in [4.69, 9.17) is 23.2 Å². The molecule has 4 atom stereocenters. The summed E-state index contributed by atoms with van der Waals surface area (Å²) in [5, 5.41) is 27.8. The number of hydrogen-bond donors (Lipinski definition) is 3. The van der Waals surface area contributed by atoms with Crippen molar-refractivity contribution in [2.24, 2.45) is 5.41 Å². The summed E-state index contributed by atoms with van der Waals surface area (Å²) in [4.78, 5) is 13.7. The fourth-order valence-electron chi connectivity index (χ4n) is 5.28. The second-order valence-electron chi connectivity index (χ2n) is 10.5. The van der Waals surface area contributed by atoms with Crippen molar-refractivity contribution in [3.63, 3.8) is 0 Å². The van der Waals surface area contributed by atoms with Crippen molar-refractivity contribution in [1.82, 2.24) is 10.6 Å². The fourth-order valence-corrected chi connectivity index (χ4v) is 5.61. The van der Waals surface area contributed by atoms with Crippen LogP contribution < -0.4 is 10.6 Å². The van der Waals surface area contributed by atoms with E-state index in [1.165, 1.54) is 0 Å². The summed E-state index contributed by atoms with van der Waals surface area (Å²) in [7, 11) is 0. The van der Waals surface area contributed by atoms with Gasteiger partial charge in [0.05, 0.1) is 6.07 Å². The summed E-state index contributed by atoms with van der Waals surface area (Å²) in [6.07, 6.45) is 1.12. The van der Waals surface area contributed by atoms with Crippen LogP contribution in [0, 0.1) is 16.7 Å². The van der Waals surface area contributed by atoms with Crippen LogP contribution in [0.1, 0.15) is 57.6 Å². The number of carbonyl (C=O) groups is 1. The first-order chi connectivity index (χ1) is 16.0. The number of aliphatic hydroxyl groups is 1. The number of nitrogens with zero attached hydrogens (tertiary/aromatic N) is 1. The SMILES string of the molecule is CC(C)(C)C[C@@H]1N[C@@](C)(C(=O)NCCCO)[C@H](c2cccc(Cl)c2)[C@@]1(C#N)c1ccc(Cl)cc1. The second-order valence-corrected chi connectivity index (χ2v) is 11.3. The third kappa shape index (κ3) is 5.11. The van der Waals surface area contributed by atoms with Gasteiger partial charge in [0.15, 0.2) is 0 Å². The van der Waals surface area contributed by atoms with Crippen molar-refractivity contribution in [2.45, 2.75) is 63.5 Å². The van der Waals surface area contributed by atoms with Gasteiger partial charge in [-0.1, -0.05) is 68.2 Å². The van der Waals surface area contributed by atoms with Gasteiger partial charge in [-0.2, -0.15) is 5.26 Å². The van der Waals surface area contributed by atoms with Gasteiger partial charge in [-0.25, -0.2) is 0 Å². The average molecular weight is 502 g/mol. The van der Waals surface area contributed by atoms with Crippen molar-refractivity contribution in [1.29, 1.82) is 5.26 Å². The maximum atomic E-state index is 13.7. The van der Waals surface area contributed by atoms with Gasteiger partial charge in [0.1, 0.15) is 11.0 Å². The highest BCUT2D eigenvalue weighted by Crippen LogP contribution is 2.55. The van der Waals surface area contributed by atoms with Crippen molar-refractivity contribution >= 4 is 29.1 Å². The molecule has 5 nitrogen and oxygen atoms in total. The minimum absolute atomic E-state index is 0.0122. The predicted octanol–water partition coefficient (Wildman–Crippen LogP) is 5.20. The Morgan fingerprint density at radius 3 is 2.41 bits per heavy atom. The Morgan fingerprint density at radius 1 is 1.18 bits per heavy atom. The molecule has 0 aromatic heterocycles. The van der Waals surface area contributed by atoms with Gasteiger partial charge in [-0.15, -0.1) is 0 Å². The molecule has 0 radical (unpaired) electrons. The molecule has 0 bridgehead atoms. The van der Waals surface area contributed by atoms with Gasteiger partial charge in [0.2, 0.25) is 5.91 Å². The molecule has 34 heavy (non-hydrogen) atoms. The van der Waals surface area contributed by atoms with Crippen molar-refractivity contribution in [2.75, 3.05) is 13.2 Å². The smallest absolute Gasteiger partial charge is 0.240 e. The zero-order chi connectivity index (χ0) is 25.1. The molecule has 7 heteroatoms. The first-order valence-corrected chi connectivity index (χ1v) is 12.3. The fraction of sp³-hybridized carbons (Fsp3) is 0.481. The molecule has 1 aliphatic rings. The Morgan fingerprint density at radius 2 is 1.85 bits per heavy atom. The van der Waals surface area contributed by atoms with Crippen molar-refractivity contribution < 1.29 is 9.90 Å². The maximum Gasteiger partial charge on any atom is 0.240 e. The van der Waals surface area contributed by atoms with E-state index in [1.54, 1.807) is 18.2 Å². The van der Waals surface area contributed by atoms with Crippen LogP contribution in [0.3, 0.4) is 0 Å². The molecule has 0 unspecified atom stereocenters. The zero-order valence-electron chi connectivity index (χ0n) is 20.2. The molecule has 1 saturated heterocycles. The van der Waals surface area contributed by atoms with E-state index in [0.29, 0.717) is 29.4 Å². The topological polar surface area (TPSA) is 85.2 Å². The van der Waals surface area contributed by atoms with Gasteiger partial charge < -0.3 is 10.4 Å². The van der Waals surface area contributed by atoms with E-state index in [-0.39, 0.29) is 24.0 Å². The summed E-state index contributed by atoms with van der Waals surface area (Å²) < 4.78 is 0. The Balaban J connectivity index is 2.28. The summed E-state index contributed by atoms with van der Waals surface area (Å²) in [6.45, 7) is 8.58. The Hall–Kier alpha value is -2.10. The Kier molecular flexibility index (Phi) is 7.99. The van der Waals surface area contributed by atoms with E-state index >= 15 is 0 Å². The van der Waals surface area contributed by atoms with E-state index in [0.717, 1.165) is 11.1 Å². The molecule has 1 aliphatic heterocycles. The molecular formula is C27H33Cl2N3O2. The first kappa shape index (κ1) is 26.5. The molecule has 0 aliphatic carbocycles. The number of amides is 1. The van der Waals surface area contributed by atoms with Gasteiger partial charge in [0.25, 0.3) is 0 Å². The largest absolute Gasteiger partial charge is 0.396 e. The quantitative estimate of drug-likeness (QED) is 0.454. The van der Waals surface area contributed by atoms with Gasteiger partial charge >= 0.3 is 0 Å². The lowest BCUT2D eigenvalue weighted by Crippen LogP contribution is -2.56. The molecule has 3 N–H and O–H groups in total. The van der Waals surface area contributed by atoms with Crippen LogP contribution in [-0.2, 0) is 10.2 Å². The standard InChI is InChI=1S/C27H33Cl2N3O2/c1-25(2,3)16-22-27(17-30,19-9-11-20(28)12-10-19)23(18-7-5-8-21(29)15-18)26(4,32-22)24(34)31-13-6-14-33/h5,7-12,15,22-23,32-33H,6,13-14,16H2,1-4H3,(H,31,34)/t22-,23-,26+,27-/m0/s1. The van der Waals surface area contributed by atoms with E-state index in [1.807, 2.05) is 37.3 Å². The highest BCUT2D eigenvalue weighted by atomic mass is 35.5. The van der Waals surface area contributed by atoms with Crippen LogP contribution in [0.25, 0.3) is 0 Å². The number of aliphatic hydroxyl groups excluding tert-OH is 1. The summed E-state index contributed by atoms with van der Waals surface area (Å²) in [6, 6.07) is 17.1. The number of halogens is 2. The summed E-state index contributed by atoms with van der Waals surface area (Å²) in [5.74, 6) is -0.748. The van der Waals surface area contributed by atoms with Crippen molar-refractivity contribution in [3.8, 4) is 6.07 Å². The van der Waals surface area contributed by atoms with Crippen LogP contribution in [0.2, 0.25) is 10.0 Å². The molecule has 2 aromatic carbocycles. The third-order valence-electron chi connectivity index (χ3n) is 6.65. The van der Waals surface area contributed by atoms with Gasteiger partial charge in [-0.05, 0) is 60.6 Å². The average Bonchev–Trinajstić information content (AvgIpc) is 3.02. The molecule has 1 amide bonds. The Bertz CT molecular complexity index is 1060. The minimum atomic E-state index is -1.11. The van der Waals surface area contributed by atoms with Crippen LogP contribution in [0.15, 0.2) is 48.5 Å². The molecule has 2 aromatic rings. The van der Waals surface area contributed by atoms with Gasteiger partial charge in [-0.3, -0.25) is 10.1 Å². The summed E-state index contributed by atoms with van der Waals surface area (Å²) in [5.41, 5.74) is -0.661. The molecule has 182 valence electrons. The molecule has 1 heterocycles. The van der Waals surface area contributed by atoms with Crippen LogP contribution in [-0.4, -0.2) is 35.7 Å². The molecule has 1 fully saturated rings. The lowest BCUT2D eigenvalue weighted by molar-refractivity contribution is -0.127. The highest BCUT2D eigenvalue weighted by molar-refractivity contribution is 6.30. The normalized spacial score (nSPS) is 26.8. The van der Waals surface area contributed by atoms with E-state index in [9.17, 15) is 15.2 Å². The molecule has 3 rings (SSSR count). The predicted molar refractivity (Wildman–Crippen MR) is 137 cm³/mol. The lowest BCUT2D eigenvalue weighted by Gasteiger charge is -2.38. The van der Waals surface area contributed by atoms with Crippen LogP contribution in [0.5, 0.6) is 0 Å². The van der Waals surface area contributed by atoms with E-state index in [2.05, 4.69) is 37.5 Å². The molecule has 0 spiro atoms. The number of rotatable bonds is 7. The van der Waals surface area contributed by atoms with E-state index < -0.39 is 16.9 Å². The highest BCUT2D eigenvalue weighted by Gasteiger charge is 2.65.